The van der Waals surface area contributed by atoms with Crippen LogP contribution >= 0.6 is 0 Å². The second-order valence-corrected chi connectivity index (χ2v) is 9.34. The Morgan fingerprint density at radius 1 is 1.19 bits per heavy atom. The molecule has 0 heterocycles. The fourth-order valence-electron chi connectivity index (χ4n) is 3.18. The molecule has 2 fully saturated rings. The predicted octanol–water partition coefficient (Wildman–Crippen LogP) is 2.14. The van der Waals surface area contributed by atoms with E-state index in [1.54, 1.807) is 20.8 Å². The van der Waals surface area contributed by atoms with Gasteiger partial charge in [0.15, 0.2) is 0 Å². The third kappa shape index (κ3) is 1.70. The molecule has 2 saturated carbocycles. The average molecular weight is 245 g/mol. The molecule has 94 valence electrons. The highest BCUT2D eigenvalue weighted by Crippen LogP contribution is 2.66. The van der Waals surface area contributed by atoms with Gasteiger partial charge in [-0.3, -0.25) is 0 Å². The van der Waals surface area contributed by atoms with Gasteiger partial charge in [-0.05, 0) is 50.9 Å². The summed E-state index contributed by atoms with van der Waals surface area (Å²) >= 11 is 0. The Kier molecular flexibility index (Phi) is 2.49. The first-order valence-electron chi connectivity index (χ1n) is 6.09. The van der Waals surface area contributed by atoms with Crippen molar-refractivity contribution in [2.45, 2.75) is 58.2 Å². The first kappa shape index (κ1) is 12.4. The molecule has 0 aromatic heterocycles. The van der Waals surface area contributed by atoms with Crippen LogP contribution in [0.3, 0.4) is 0 Å². The summed E-state index contributed by atoms with van der Waals surface area (Å²) in [5.74, 6) is 1.30. The molecular weight excluding hydrogens is 222 g/mol. The van der Waals surface area contributed by atoms with Crippen LogP contribution in [0.2, 0.25) is 0 Å². The van der Waals surface area contributed by atoms with E-state index in [2.05, 4.69) is 18.6 Å². The Bertz CT molecular complexity index is 392. The molecule has 0 radical (unpaired) electrons. The molecule has 0 aliphatic heterocycles. The Hall–Kier alpha value is -0.0900. The van der Waals surface area contributed by atoms with Crippen molar-refractivity contribution in [3.8, 4) is 0 Å². The molecule has 3 nitrogen and oxygen atoms in total. The molecular formula is C12H23NO2S. The van der Waals surface area contributed by atoms with Gasteiger partial charge in [-0.15, -0.1) is 0 Å². The summed E-state index contributed by atoms with van der Waals surface area (Å²) in [4.78, 5) is 0. The number of fused-ring (bicyclic) bond motifs is 1. The van der Waals surface area contributed by atoms with E-state index in [-0.39, 0.29) is 6.04 Å². The lowest BCUT2D eigenvalue weighted by Crippen LogP contribution is -2.45. The summed E-state index contributed by atoms with van der Waals surface area (Å²) in [6.45, 7) is 9.75. The maximum Gasteiger partial charge on any atom is 0.216 e. The average Bonchev–Trinajstić information content (AvgIpc) is 2.46. The highest BCUT2D eigenvalue weighted by molar-refractivity contribution is 7.90. The van der Waals surface area contributed by atoms with E-state index in [1.165, 1.54) is 6.42 Å². The Balaban J connectivity index is 2.08. The van der Waals surface area contributed by atoms with Crippen LogP contribution in [0.1, 0.15) is 47.5 Å². The van der Waals surface area contributed by atoms with Gasteiger partial charge >= 0.3 is 0 Å². The molecule has 1 N–H and O–H groups in total. The van der Waals surface area contributed by atoms with E-state index < -0.39 is 14.8 Å². The number of nitrogens with one attached hydrogen (secondary N) is 1. The summed E-state index contributed by atoms with van der Waals surface area (Å²) < 4.78 is 26.4. The van der Waals surface area contributed by atoms with Crippen LogP contribution in [-0.2, 0) is 10.0 Å². The van der Waals surface area contributed by atoms with Gasteiger partial charge in [0.1, 0.15) is 0 Å². The molecule has 2 rings (SSSR count). The fourth-order valence-corrected chi connectivity index (χ4v) is 4.20. The van der Waals surface area contributed by atoms with Gasteiger partial charge in [-0.1, -0.05) is 13.8 Å². The van der Waals surface area contributed by atoms with Crippen molar-refractivity contribution in [3.05, 3.63) is 0 Å². The maximum absolute atomic E-state index is 12.1. The lowest BCUT2D eigenvalue weighted by Gasteiger charge is -2.25. The maximum atomic E-state index is 12.1. The lowest BCUT2D eigenvalue weighted by molar-refractivity contribution is 0.406. The minimum atomic E-state index is -3.19. The molecule has 0 spiro atoms. The first-order valence-corrected chi connectivity index (χ1v) is 7.57. The molecule has 0 aromatic rings. The topological polar surface area (TPSA) is 46.2 Å². The Morgan fingerprint density at radius 2 is 1.75 bits per heavy atom. The standard InChI is InChI=1S/C12H23NO2S/c1-11(2,3)16(14,15)13-9-7-6-8-10(9)12(8,4)5/h8-10,13H,6-7H2,1-5H3/t8-,9-,10-/m1/s1. The van der Waals surface area contributed by atoms with Crippen molar-refractivity contribution in [2.75, 3.05) is 0 Å². The van der Waals surface area contributed by atoms with E-state index >= 15 is 0 Å². The molecule has 0 aromatic carbocycles. The van der Waals surface area contributed by atoms with E-state index in [0.29, 0.717) is 11.3 Å². The van der Waals surface area contributed by atoms with Gasteiger partial charge in [0.05, 0.1) is 4.75 Å². The van der Waals surface area contributed by atoms with Gasteiger partial charge < -0.3 is 0 Å². The van der Waals surface area contributed by atoms with Crippen molar-refractivity contribution < 1.29 is 8.42 Å². The third-order valence-electron chi connectivity index (χ3n) is 4.47. The van der Waals surface area contributed by atoms with Crippen LogP contribution in [0.25, 0.3) is 0 Å². The van der Waals surface area contributed by atoms with Gasteiger partial charge in [0.2, 0.25) is 10.0 Å². The van der Waals surface area contributed by atoms with Gasteiger partial charge in [-0.2, -0.15) is 0 Å². The largest absolute Gasteiger partial charge is 0.216 e. The van der Waals surface area contributed by atoms with Gasteiger partial charge in [0, 0.05) is 6.04 Å². The quantitative estimate of drug-likeness (QED) is 0.810. The minimum Gasteiger partial charge on any atom is -0.212 e. The molecule has 2 aliphatic carbocycles. The van der Waals surface area contributed by atoms with Crippen LogP contribution in [0.5, 0.6) is 0 Å². The highest BCUT2D eigenvalue weighted by Gasteiger charge is 2.64. The smallest absolute Gasteiger partial charge is 0.212 e. The van der Waals surface area contributed by atoms with Crippen molar-refractivity contribution in [2.24, 2.45) is 17.3 Å². The summed E-state index contributed by atoms with van der Waals surface area (Å²) in [7, 11) is -3.19. The molecule has 0 amide bonds. The molecule has 4 heteroatoms. The molecule has 0 unspecified atom stereocenters. The van der Waals surface area contributed by atoms with Crippen molar-refractivity contribution >= 4 is 10.0 Å². The zero-order chi connectivity index (χ0) is 12.4. The third-order valence-corrected chi connectivity index (χ3v) is 6.70. The molecule has 2 aliphatic rings. The van der Waals surface area contributed by atoms with Gasteiger partial charge in [0.25, 0.3) is 0 Å². The van der Waals surface area contributed by atoms with Crippen LogP contribution < -0.4 is 4.72 Å². The van der Waals surface area contributed by atoms with Crippen LogP contribution in [0.4, 0.5) is 0 Å². The highest BCUT2D eigenvalue weighted by atomic mass is 32.2. The lowest BCUT2D eigenvalue weighted by atomic mass is 9.98. The second-order valence-electron chi connectivity index (χ2n) is 6.87. The summed E-state index contributed by atoms with van der Waals surface area (Å²) in [5, 5.41) is 0. The van der Waals surface area contributed by atoms with Crippen molar-refractivity contribution in [1.82, 2.24) is 4.72 Å². The van der Waals surface area contributed by atoms with Crippen LogP contribution in [-0.4, -0.2) is 19.2 Å². The van der Waals surface area contributed by atoms with Crippen molar-refractivity contribution in [1.29, 1.82) is 0 Å². The van der Waals surface area contributed by atoms with E-state index in [1.807, 2.05) is 0 Å². The van der Waals surface area contributed by atoms with E-state index in [0.717, 1.165) is 12.3 Å². The van der Waals surface area contributed by atoms with Crippen LogP contribution in [0, 0.1) is 17.3 Å². The minimum absolute atomic E-state index is 0.171. The normalized spacial score (nSPS) is 37.2. The summed E-state index contributed by atoms with van der Waals surface area (Å²) in [6, 6.07) is 0.171. The molecule has 0 saturated heterocycles. The Labute approximate surface area is 99.1 Å². The molecule has 0 bridgehead atoms. The SMILES string of the molecule is CC1(C)[C@@H]2[C@H]1CC[C@H]2NS(=O)(=O)C(C)(C)C. The predicted molar refractivity (Wildman–Crippen MR) is 65.6 cm³/mol. The number of sulfonamides is 1. The summed E-state index contributed by atoms with van der Waals surface area (Å²) in [5.41, 5.74) is 0.351. The van der Waals surface area contributed by atoms with E-state index in [4.69, 9.17) is 0 Å². The van der Waals surface area contributed by atoms with E-state index in [9.17, 15) is 8.42 Å². The summed E-state index contributed by atoms with van der Waals surface area (Å²) in [6.07, 6.45) is 2.18. The second kappa shape index (κ2) is 3.22. The Morgan fingerprint density at radius 3 is 2.12 bits per heavy atom. The first-order chi connectivity index (χ1) is 7.07. The zero-order valence-corrected chi connectivity index (χ0v) is 11.7. The number of hydrogen-bond acceptors (Lipinski definition) is 2. The fraction of sp³-hybridized carbons (Fsp3) is 1.00. The monoisotopic (exact) mass is 245 g/mol. The molecule has 3 atom stereocenters. The number of hydrogen-bond donors (Lipinski definition) is 1. The van der Waals surface area contributed by atoms with Crippen LogP contribution in [0.15, 0.2) is 0 Å². The van der Waals surface area contributed by atoms with Gasteiger partial charge in [-0.25, -0.2) is 13.1 Å². The van der Waals surface area contributed by atoms with Crippen molar-refractivity contribution in [3.63, 3.8) is 0 Å². The number of rotatable bonds is 2. The molecule has 16 heavy (non-hydrogen) atoms. The zero-order valence-electron chi connectivity index (χ0n) is 10.9.